The van der Waals surface area contributed by atoms with Gasteiger partial charge in [0.25, 0.3) is 0 Å². The largest absolute Gasteiger partial charge is 0.489 e. The maximum absolute atomic E-state index is 9.97. The van der Waals surface area contributed by atoms with Gasteiger partial charge in [-0.15, -0.1) is 0 Å². The molecule has 0 heterocycles. The molecule has 21 heavy (non-hydrogen) atoms. The number of halogens is 2. The van der Waals surface area contributed by atoms with Crippen LogP contribution in [0.3, 0.4) is 0 Å². The molecule has 0 aliphatic carbocycles. The number of rotatable bonds is 9. The van der Waals surface area contributed by atoms with Crippen molar-refractivity contribution in [1.82, 2.24) is 5.32 Å². The van der Waals surface area contributed by atoms with Crippen molar-refractivity contribution in [2.75, 3.05) is 26.9 Å². The van der Waals surface area contributed by atoms with Gasteiger partial charge in [0.05, 0.1) is 11.6 Å². The third kappa shape index (κ3) is 6.85. The van der Waals surface area contributed by atoms with Crippen LogP contribution in [-0.4, -0.2) is 44.1 Å². The normalized spacial score (nSPS) is 14.2. The molecule has 4 nitrogen and oxygen atoms in total. The summed E-state index contributed by atoms with van der Waals surface area (Å²) in [5.41, 5.74) is 0. The Morgan fingerprint density at radius 3 is 2.57 bits per heavy atom. The quantitative estimate of drug-likeness (QED) is 0.728. The maximum atomic E-state index is 9.97. The molecule has 0 aromatic heterocycles. The van der Waals surface area contributed by atoms with Crippen molar-refractivity contribution in [3.63, 3.8) is 0 Å². The lowest BCUT2D eigenvalue weighted by atomic mass is 10.1. The molecule has 0 aliphatic heterocycles. The minimum Gasteiger partial charge on any atom is -0.489 e. The Bertz CT molecular complexity index is 429. The van der Waals surface area contributed by atoms with Gasteiger partial charge in [0.15, 0.2) is 0 Å². The monoisotopic (exact) mass is 335 g/mol. The highest BCUT2D eigenvalue weighted by molar-refractivity contribution is 6.34. The van der Waals surface area contributed by atoms with Crippen molar-refractivity contribution < 1.29 is 14.6 Å². The highest BCUT2D eigenvalue weighted by Gasteiger charge is 2.15. The molecule has 0 radical (unpaired) electrons. The molecule has 0 saturated carbocycles. The van der Waals surface area contributed by atoms with Crippen LogP contribution in [-0.2, 0) is 4.74 Å². The van der Waals surface area contributed by atoms with Gasteiger partial charge in [-0.3, -0.25) is 0 Å². The first-order chi connectivity index (χ1) is 9.93. The summed E-state index contributed by atoms with van der Waals surface area (Å²) in [6, 6.07) is 5.18. The zero-order chi connectivity index (χ0) is 15.8. The lowest BCUT2D eigenvalue weighted by molar-refractivity contribution is 0.0901. The summed E-state index contributed by atoms with van der Waals surface area (Å²) >= 11 is 11.9. The van der Waals surface area contributed by atoms with Crippen LogP contribution in [0.5, 0.6) is 5.75 Å². The van der Waals surface area contributed by atoms with Crippen molar-refractivity contribution in [3.05, 3.63) is 28.2 Å². The van der Waals surface area contributed by atoms with Gasteiger partial charge in [0.2, 0.25) is 0 Å². The summed E-state index contributed by atoms with van der Waals surface area (Å²) in [6.45, 7) is 5.37. The number of methoxy groups -OCH3 is 1. The number of hydrogen-bond acceptors (Lipinski definition) is 4. The Kier molecular flexibility index (Phi) is 8.37. The Balaban J connectivity index is 2.39. The number of hydrogen-bond donors (Lipinski definition) is 2. The minimum atomic E-state index is -0.641. The molecule has 0 amide bonds. The van der Waals surface area contributed by atoms with Gasteiger partial charge in [0, 0.05) is 30.8 Å². The summed E-state index contributed by atoms with van der Waals surface area (Å²) < 4.78 is 10.6. The average Bonchev–Trinajstić information content (AvgIpc) is 2.44. The molecular formula is C15H23Cl2NO3. The fraction of sp³-hybridized carbons (Fsp3) is 0.600. The fourth-order valence-corrected chi connectivity index (χ4v) is 2.12. The van der Waals surface area contributed by atoms with E-state index < -0.39 is 6.10 Å². The Morgan fingerprint density at radius 2 is 1.95 bits per heavy atom. The van der Waals surface area contributed by atoms with E-state index in [0.29, 0.717) is 34.9 Å². The molecule has 0 bridgehead atoms. The van der Waals surface area contributed by atoms with Crippen molar-refractivity contribution in [3.8, 4) is 5.75 Å². The SMILES string of the molecule is COCC(NCC(O)COc1cc(Cl)ccc1Cl)C(C)C. The van der Waals surface area contributed by atoms with Gasteiger partial charge in [-0.25, -0.2) is 0 Å². The predicted octanol–water partition coefficient (Wildman–Crippen LogP) is 2.99. The van der Waals surface area contributed by atoms with E-state index in [-0.39, 0.29) is 12.6 Å². The molecule has 1 aromatic carbocycles. The standard InChI is InChI=1S/C15H23Cl2NO3/c1-10(2)14(9-20-3)18-7-12(19)8-21-15-6-11(16)4-5-13(15)17/h4-6,10,12,14,18-19H,7-9H2,1-3H3. The van der Waals surface area contributed by atoms with E-state index in [0.717, 1.165) is 0 Å². The van der Waals surface area contributed by atoms with Gasteiger partial charge < -0.3 is 19.9 Å². The first-order valence-corrected chi connectivity index (χ1v) is 7.67. The van der Waals surface area contributed by atoms with Crippen LogP contribution in [0.4, 0.5) is 0 Å². The van der Waals surface area contributed by atoms with Crippen LogP contribution in [0.15, 0.2) is 18.2 Å². The van der Waals surface area contributed by atoms with Gasteiger partial charge in [-0.2, -0.15) is 0 Å². The van der Waals surface area contributed by atoms with Crippen LogP contribution in [0.1, 0.15) is 13.8 Å². The zero-order valence-electron chi connectivity index (χ0n) is 12.6. The van der Waals surface area contributed by atoms with Gasteiger partial charge in [-0.1, -0.05) is 37.0 Å². The van der Waals surface area contributed by atoms with Crippen LogP contribution in [0.25, 0.3) is 0 Å². The number of benzene rings is 1. The van der Waals surface area contributed by atoms with Crippen LogP contribution >= 0.6 is 23.2 Å². The Morgan fingerprint density at radius 1 is 1.24 bits per heavy atom. The van der Waals surface area contributed by atoms with Gasteiger partial charge in [0.1, 0.15) is 18.5 Å². The molecule has 120 valence electrons. The van der Waals surface area contributed by atoms with Gasteiger partial charge >= 0.3 is 0 Å². The predicted molar refractivity (Wildman–Crippen MR) is 86.5 cm³/mol. The van der Waals surface area contributed by atoms with Crippen LogP contribution in [0.2, 0.25) is 10.0 Å². The molecule has 6 heteroatoms. The van der Waals surface area contributed by atoms with Crippen molar-refractivity contribution in [2.45, 2.75) is 26.0 Å². The summed E-state index contributed by atoms with van der Waals surface area (Å²) in [5, 5.41) is 14.2. The Labute approximate surface area is 136 Å². The molecule has 2 N–H and O–H groups in total. The average molecular weight is 336 g/mol. The van der Waals surface area contributed by atoms with Gasteiger partial charge in [-0.05, 0) is 18.1 Å². The molecule has 2 atom stereocenters. The number of ether oxygens (including phenoxy) is 2. The van der Waals surface area contributed by atoms with Crippen molar-refractivity contribution in [1.29, 1.82) is 0 Å². The van der Waals surface area contributed by atoms with E-state index in [1.807, 2.05) is 0 Å². The second-order valence-corrected chi connectivity index (χ2v) is 6.10. The van der Waals surface area contributed by atoms with E-state index in [9.17, 15) is 5.11 Å². The lowest BCUT2D eigenvalue weighted by Gasteiger charge is -2.23. The molecule has 2 unspecified atom stereocenters. The summed E-state index contributed by atoms with van der Waals surface area (Å²) in [4.78, 5) is 0. The highest BCUT2D eigenvalue weighted by atomic mass is 35.5. The summed E-state index contributed by atoms with van der Waals surface area (Å²) in [6.07, 6.45) is -0.641. The number of nitrogens with one attached hydrogen (secondary N) is 1. The van der Waals surface area contributed by atoms with E-state index >= 15 is 0 Å². The zero-order valence-corrected chi connectivity index (χ0v) is 14.1. The van der Waals surface area contributed by atoms with Crippen LogP contribution < -0.4 is 10.1 Å². The molecule has 0 saturated heterocycles. The van der Waals surface area contributed by atoms with E-state index in [4.69, 9.17) is 32.7 Å². The molecule has 0 fully saturated rings. The minimum absolute atomic E-state index is 0.144. The first kappa shape index (κ1) is 18.5. The lowest BCUT2D eigenvalue weighted by Crippen LogP contribution is -2.43. The van der Waals surface area contributed by atoms with E-state index in [1.54, 1.807) is 25.3 Å². The van der Waals surface area contributed by atoms with E-state index in [1.165, 1.54) is 0 Å². The van der Waals surface area contributed by atoms with Crippen molar-refractivity contribution >= 4 is 23.2 Å². The molecule has 0 spiro atoms. The second kappa shape index (κ2) is 9.49. The smallest absolute Gasteiger partial charge is 0.139 e. The molecule has 1 aromatic rings. The third-order valence-electron chi connectivity index (χ3n) is 3.09. The van der Waals surface area contributed by atoms with Crippen LogP contribution in [0, 0.1) is 5.92 Å². The molecule has 0 aliphatic rings. The second-order valence-electron chi connectivity index (χ2n) is 5.25. The van der Waals surface area contributed by atoms with E-state index in [2.05, 4.69) is 19.2 Å². The summed E-state index contributed by atoms with van der Waals surface area (Å²) in [5.74, 6) is 0.890. The molecule has 1 rings (SSSR count). The summed E-state index contributed by atoms with van der Waals surface area (Å²) in [7, 11) is 1.66. The number of aliphatic hydroxyl groups is 1. The third-order valence-corrected chi connectivity index (χ3v) is 3.64. The fourth-order valence-electron chi connectivity index (χ4n) is 1.79. The first-order valence-electron chi connectivity index (χ1n) is 6.92. The maximum Gasteiger partial charge on any atom is 0.139 e. The number of aliphatic hydroxyl groups excluding tert-OH is 1. The van der Waals surface area contributed by atoms with Crippen molar-refractivity contribution in [2.24, 2.45) is 5.92 Å². The Hall–Kier alpha value is -0.520. The topological polar surface area (TPSA) is 50.7 Å². The molecular weight excluding hydrogens is 313 g/mol. The highest BCUT2D eigenvalue weighted by Crippen LogP contribution is 2.27.